The maximum absolute atomic E-state index is 4.66. The molecule has 1 aromatic carbocycles. The quantitative estimate of drug-likeness (QED) is 0.497. The molecule has 5 rings (SSSR count). The van der Waals surface area contributed by atoms with Crippen LogP contribution >= 0.6 is 11.3 Å². The van der Waals surface area contributed by atoms with Gasteiger partial charge in [0, 0.05) is 17.1 Å². The second kappa shape index (κ2) is 7.70. The fourth-order valence-corrected chi connectivity index (χ4v) is 4.70. The number of benzene rings is 1. The average molecular weight is 420 g/mol. The Morgan fingerprint density at radius 3 is 2.83 bits per heavy atom. The summed E-state index contributed by atoms with van der Waals surface area (Å²) in [4.78, 5) is 6.67. The fourth-order valence-electron chi connectivity index (χ4n) is 4.00. The Hall–Kier alpha value is -2.97. The van der Waals surface area contributed by atoms with Crippen LogP contribution in [0.15, 0.2) is 43.4 Å². The monoisotopic (exact) mass is 419 g/mol. The van der Waals surface area contributed by atoms with Gasteiger partial charge >= 0.3 is 0 Å². The lowest BCUT2D eigenvalue weighted by Crippen LogP contribution is -2.31. The van der Waals surface area contributed by atoms with Gasteiger partial charge in [0.05, 0.1) is 34.7 Å². The van der Waals surface area contributed by atoms with Gasteiger partial charge in [-0.3, -0.25) is 9.78 Å². The van der Waals surface area contributed by atoms with Crippen LogP contribution < -0.4 is 5.32 Å². The molecule has 1 fully saturated rings. The van der Waals surface area contributed by atoms with Gasteiger partial charge in [-0.1, -0.05) is 12.6 Å². The molecule has 0 radical (unpaired) electrons. The predicted octanol–water partition coefficient (Wildman–Crippen LogP) is 4.54. The summed E-state index contributed by atoms with van der Waals surface area (Å²) in [5.41, 5.74) is 4.81. The molecule has 0 aliphatic carbocycles. The molecule has 4 heterocycles. The van der Waals surface area contributed by atoms with Crippen molar-refractivity contribution < 1.29 is 0 Å². The van der Waals surface area contributed by atoms with E-state index in [-0.39, 0.29) is 0 Å². The van der Waals surface area contributed by atoms with Crippen LogP contribution in [0.1, 0.15) is 29.6 Å². The minimum absolute atomic E-state index is 0.481. The van der Waals surface area contributed by atoms with Gasteiger partial charge in [-0.2, -0.15) is 10.2 Å². The van der Waals surface area contributed by atoms with E-state index in [0.717, 1.165) is 69.4 Å². The largest absolute Gasteiger partial charge is 0.345 e. The fraction of sp³-hybridized carbons (Fsp3) is 0.318. The zero-order valence-electron chi connectivity index (χ0n) is 17.2. The van der Waals surface area contributed by atoms with Gasteiger partial charge in [-0.25, -0.2) is 4.98 Å². The molecule has 0 spiro atoms. The second-order valence-electron chi connectivity index (χ2n) is 7.92. The predicted molar refractivity (Wildman–Crippen MR) is 123 cm³/mol. The highest BCUT2D eigenvalue weighted by atomic mass is 32.1. The molecule has 2 N–H and O–H groups in total. The highest BCUT2D eigenvalue weighted by Gasteiger charge is 2.19. The maximum atomic E-state index is 4.66. The summed E-state index contributed by atoms with van der Waals surface area (Å²) in [6.07, 6.45) is 8.25. The molecule has 0 atom stereocenters. The van der Waals surface area contributed by atoms with Crippen molar-refractivity contribution in [3.8, 4) is 11.1 Å². The number of aromatic nitrogens is 5. The summed E-state index contributed by atoms with van der Waals surface area (Å²) in [5.74, 6) is 0. The lowest BCUT2D eigenvalue weighted by molar-refractivity contribution is 0.212. The molecule has 154 valence electrons. The Morgan fingerprint density at radius 1 is 1.23 bits per heavy atom. The molecule has 0 unspecified atom stereocenters. The van der Waals surface area contributed by atoms with Gasteiger partial charge in [-0.15, -0.1) is 11.3 Å². The number of anilines is 1. The third-order valence-corrected chi connectivity index (χ3v) is 6.57. The highest BCUT2D eigenvalue weighted by molar-refractivity contribution is 7.15. The molecule has 1 saturated heterocycles. The van der Waals surface area contributed by atoms with Crippen LogP contribution in [0.2, 0.25) is 0 Å². The van der Waals surface area contributed by atoms with E-state index in [1.807, 2.05) is 19.3 Å². The SMILES string of the molecule is C=C(Nc1cnc(C)s1)c1n[nH]c2ccc(-c3cnn(C4CCN(C)CC4)c3)cc12. The first kappa shape index (κ1) is 19.0. The van der Waals surface area contributed by atoms with E-state index in [2.05, 4.69) is 73.2 Å². The third kappa shape index (κ3) is 3.64. The van der Waals surface area contributed by atoms with Crippen molar-refractivity contribution in [1.82, 2.24) is 29.9 Å². The molecule has 7 nitrogen and oxygen atoms in total. The van der Waals surface area contributed by atoms with E-state index in [9.17, 15) is 0 Å². The molecule has 0 saturated carbocycles. The molecule has 0 amide bonds. The van der Waals surface area contributed by atoms with Crippen molar-refractivity contribution in [1.29, 1.82) is 0 Å². The minimum atomic E-state index is 0.481. The van der Waals surface area contributed by atoms with Crippen LogP contribution in [0, 0.1) is 6.92 Å². The lowest BCUT2D eigenvalue weighted by Gasteiger charge is -2.28. The zero-order chi connectivity index (χ0) is 20.7. The van der Waals surface area contributed by atoms with Crippen molar-refractivity contribution in [2.24, 2.45) is 0 Å². The van der Waals surface area contributed by atoms with Gasteiger partial charge in [0.15, 0.2) is 0 Å². The number of likely N-dealkylation sites (tertiary alicyclic amines) is 1. The van der Waals surface area contributed by atoms with Crippen LogP contribution in [0.5, 0.6) is 0 Å². The van der Waals surface area contributed by atoms with E-state index < -0.39 is 0 Å². The Kier molecular flexibility index (Phi) is 4.88. The number of thiazole rings is 1. The molecule has 0 bridgehead atoms. The van der Waals surface area contributed by atoms with Gasteiger partial charge in [0.25, 0.3) is 0 Å². The van der Waals surface area contributed by atoms with Crippen LogP contribution in [0.3, 0.4) is 0 Å². The van der Waals surface area contributed by atoms with Crippen molar-refractivity contribution in [2.45, 2.75) is 25.8 Å². The van der Waals surface area contributed by atoms with E-state index in [0.29, 0.717) is 6.04 Å². The number of H-pyrrole nitrogens is 1. The van der Waals surface area contributed by atoms with Crippen molar-refractivity contribution >= 4 is 32.9 Å². The number of piperidine rings is 1. The number of nitrogens with one attached hydrogen (secondary N) is 2. The molecule has 30 heavy (non-hydrogen) atoms. The van der Waals surface area contributed by atoms with E-state index >= 15 is 0 Å². The topological polar surface area (TPSA) is 74.7 Å². The minimum Gasteiger partial charge on any atom is -0.345 e. The first-order chi connectivity index (χ1) is 14.6. The average Bonchev–Trinajstić information content (AvgIpc) is 3.47. The highest BCUT2D eigenvalue weighted by Crippen LogP contribution is 2.30. The van der Waals surface area contributed by atoms with Gasteiger partial charge in [0.1, 0.15) is 10.7 Å². The number of rotatable bonds is 5. The van der Waals surface area contributed by atoms with Crippen molar-refractivity contribution in [3.63, 3.8) is 0 Å². The standard InChI is InChI=1S/C22H25N7S/c1-14(25-21-12-23-15(2)30-21)22-19-10-16(4-5-20(19)26-27-22)17-11-24-29(13-17)18-6-8-28(3)9-7-18/h4-5,10-13,18,25H,1,6-9H2,2-3H3,(H,26,27). The Morgan fingerprint density at radius 2 is 2.07 bits per heavy atom. The second-order valence-corrected chi connectivity index (χ2v) is 9.16. The number of aromatic amines is 1. The summed E-state index contributed by atoms with van der Waals surface area (Å²) < 4.78 is 2.13. The third-order valence-electron chi connectivity index (χ3n) is 5.74. The molecule has 4 aromatic rings. The molecule has 3 aromatic heterocycles. The Bertz CT molecular complexity index is 1190. The van der Waals surface area contributed by atoms with Crippen LogP contribution in [0.4, 0.5) is 5.00 Å². The van der Waals surface area contributed by atoms with E-state index in [4.69, 9.17) is 0 Å². The summed E-state index contributed by atoms with van der Waals surface area (Å²) in [6.45, 7) is 8.42. The number of hydrogen-bond donors (Lipinski definition) is 2. The lowest BCUT2D eigenvalue weighted by atomic mass is 10.0. The zero-order valence-corrected chi connectivity index (χ0v) is 18.0. The first-order valence-corrected chi connectivity index (χ1v) is 11.0. The van der Waals surface area contributed by atoms with Crippen LogP contribution in [-0.4, -0.2) is 50.0 Å². The molecule has 8 heteroatoms. The first-order valence-electron chi connectivity index (χ1n) is 10.2. The van der Waals surface area contributed by atoms with E-state index in [1.165, 1.54) is 0 Å². The number of hydrogen-bond acceptors (Lipinski definition) is 6. The molecular formula is C22H25N7S. The summed E-state index contributed by atoms with van der Waals surface area (Å²) in [7, 11) is 2.18. The summed E-state index contributed by atoms with van der Waals surface area (Å²) in [5, 5.41) is 18.6. The van der Waals surface area contributed by atoms with Crippen LogP contribution in [-0.2, 0) is 0 Å². The van der Waals surface area contributed by atoms with Gasteiger partial charge in [0.2, 0.25) is 0 Å². The molecule has 1 aliphatic heterocycles. The maximum Gasteiger partial charge on any atom is 0.116 e. The smallest absolute Gasteiger partial charge is 0.116 e. The van der Waals surface area contributed by atoms with Crippen LogP contribution in [0.25, 0.3) is 27.7 Å². The van der Waals surface area contributed by atoms with E-state index in [1.54, 1.807) is 11.3 Å². The van der Waals surface area contributed by atoms with Gasteiger partial charge in [-0.05, 0) is 57.6 Å². The molecule has 1 aliphatic rings. The Balaban J connectivity index is 1.41. The van der Waals surface area contributed by atoms with Crippen molar-refractivity contribution in [3.05, 3.63) is 54.1 Å². The summed E-state index contributed by atoms with van der Waals surface area (Å²) in [6, 6.07) is 6.82. The number of nitrogens with zero attached hydrogens (tertiary/aromatic N) is 5. The summed E-state index contributed by atoms with van der Waals surface area (Å²) >= 11 is 1.60. The molecular weight excluding hydrogens is 394 g/mol. The number of fused-ring (bicyclic) bond motifs is 1. The van der Waals surface area contributed by atoms with Crippen molar-refractivity contribution in [2.75, 3.05) is 25.5 Å². The normalized spacial score (nSPS) is 15.7. The van der Waals surface area contributed by atoms with Gasteiger partial charge < -0.3 is 10.2 Å². The Labute approximate surface area is 179 Å². The number of aryl methyl sites for hydroxylation is 1.